The number of hydrogen-bond donors (Lipinski definition) is 1. The van der Waals surface area contributed by atoms with Crippen LogP contribution >= 0.6 is 11.3 Å². The van der Waals surface area contributed by atoms with Crippen LogP contribution in [0, 0.1) is 0 Å². The minimum Gasteiger partial charge on any atom is -0.357 e. The molecular formula is C10H11N5S. The first-order valence-corrected chi connectivity index (χ1v) is 5.75. The van der Waals surface area contributed by atoms with Crippen LogP contribution in [0.2, 0.25) is 0 Å². The lowest BCUT2D eigenvalue weighted by molar-refractivity contribution is 0.926. The van der Waals surface area contributed by atoms with Crippen LogP contribution in [0.1, 0.15) is 5.69 Å². The number of rotatable bonds is 2. The molecule has 0 bridgehead atoms. The van der Waals surface area contributed by atoms with Gasteiger partial charge in [-0.2, -0.15) is 5.10 Å². The summed E-state index contributed by atoms with van der Waals surface area (Å²) >= 11 is 1.57. The van der Waals surface area contributed by atoms with Crippen molar-refractivity contribution in [2.75, 3.05) is 0 Å². The number of nitrogens with zero attached hydrogens (tertiary/aromatic N) is 4. The maximum atomic E-state index is 5.52. The molecule has 0 saturated heterocycles. The molecule has 0 aliphatic rings. The van der Waals surface area contributed by atoms with Crippen molar-refractivity contribution in [2.45, 2.75) is 6.54 Å². The number of aryl methyl sites for hydroxylation is 1. The Hall–Kier alpha value is -1.66. The summed E-state index contributed by atoms with van der Waals surface area (Å²) < 4.78 is 3.79. The number of aromatic nitrogens is 4. The fraction of sp³-hybridized carbons (Fsp3) is 0.200. The van der Waals surface area contributed by atoms with Gasteiger partial charge in [0.25, 0.3) is 0 Å². The molecule has 6 heteroatoms. The zero-order valence-corrected chi connectivity index (χ0v) is 9.61. The predicted molar refractivity (Wildman–Crippen MR) is 63.2 cm³/mol. The minimum absolute atomic E-state index is 0.455. The zero-order chi connectivity index (χ0) is 11.1. The van der Waals surface area contributed by atoms with Gasteiger partial charge in [-0.15, -0.1) is 0 Å². The molecular weight excluding hydrogens is 222 g/mol. The fourth-order valence-corrected chi connectivity index (χ4v) is 2.48. The van der Waals surface area contributed by atoms with Crippen molar-refractivity contribution in [3.63, 3.8) is 0 Å². The molecule has 0 radical (unpaired) electrons. The fourth-order valence-electron chi connectivity index (χ4n) is 1.59. The second-order valence-electron chi connectivity index (χ2n) is 3.64. The van der Waals surface area contributed by atoms with E-state index in [1.165, 1.54) is 0 Å². The Morgan fingerprint density at radius 2 is 2.31 bits per heavy atom. The monoisotopic (exact) mass is 233 g/mol. The summed E-state index contributed by atoms with van der Waals surface area (Å²) in [5.74, 6) is 0. The summed E-state index contributed by atoms with van der Waals surface area (Å²) in [7, 11) is 1.99. The molecule has 0 aliphatic carbocycles. The van der Waals surface area contributed by atoms with Gasteiger partial charge in [-0.3, -0.25) is 0 Å². The number of fused-ring (bicyclic) bond motifs is 1. The van der Waals surface area contributed by atoms with Crippen LogP contribution < -0.4 is 5.73 Å². The number of nitrogens with two attached hydrogens (primary N) is 1. The summed E-state index contributed by atoms with van der Waals surface area (Å²) in [6, 6.07) is 2.04. The molecule has 0 aliphatic heterocycles. The van der Waals surface area contributed by atoms with E-state index in [1.807, 2.05) is 36.3 Å². The van der Waals surface area contributed by atoms with E-state index in [1.54, 1.807) is 15.9 Å². The molecule has 2 N–H and O–H groups in total. The second kappa shape index (κ2) is 3.43. The van der Waals surface area contributed by atoms with Crippen LogP contribution in [0.25, 0.3) is 15.5 Å². The quantitative estimate of drug-likeness (QED) is 0.724. The third kappa shape index (κ3) is 1.43. The molecule has 0 fully saturated rings. The van der Waals surface area contributed by atoms with Crippen LogP contribution in [0.4, 0.5) is 0 Å². The van der Waals surface area contributed by atoms with E-state index < -0.39 is 0 Å². The first-order valence-electron chi connectivity index (χ1n) is 4.94. The van der Waals surface area contributed by atoms with Gasteiger partial charge < -0.3 is 10.3 Å². The van der Waals surface area contributed by atoms with Crippen molar-refractivity contribution in [1.82, 2.24) is 19.2 Å². The predicted octanol–water partition coefficient (Wildman–Crippen LogP) is 1.25. The lowest BCUT2D eigenvalue weighted by Gasteiger charge is -1.87. The van der Waals surface area contributed by atoms with Crippen molar-refractivity contribution in [1.29, 1.82) is 0 Å². The standard InChI is InChI=1S/C10H11N5S/c1-14-3-2-7(5-14)9-13-15-6-8(4-11)12-10(15)16-9/h2-3,5-6H,4,11H2,1H3. The van der Waals surface area contributed by atoms with Crippen molar-refractivity contribution < 1.29 is 0 Å². The average Bonchev–Trinajstić information content (AvgIpc) is 2.89. The third-order valence-electron chi connectivity index (χ3n) is 2.38. The summed E-state index contributed by atoms with van der Waals surface area (Å²) in [5, 5.41) is 5.45. The maximum absolute atomic E-state index is 5.52. The van der Waals surface area contributed by atoms with Crippen LogP contribution in [0.3, 0.4) is 0 Å². The largest absolute Gasteiger partial charge is 0.357 e. The second-order valence-corrected chi connectivity index (χ2v) is 4.59. The number of hydrogen-bond acceptors (Lipinski definition) is 4. The molecule has 82 valence electrons. The molecule has 3 rings (SSSR count). The summed E-state index contributed by atoms with van der Waals surface area (Å²) in [6.07, 6.45) is 5.92. The van der Waals surface area contributed by atoms with Gasteiger partial charge in [-0.05, 0) is 6.07 Å². The van der Waals surface area contributed by atoms with Gasteiger partial charge in [0.2, 0.25) is 4.96 Å². The van der Waals surface area contributed by atoms with Crippen molar-refractivity contribution >= 4 is 16.3 Å². The normalized spacial score (nSPS) is 11.4. The van der Waals surface area contributed by atoms with E-state index in [0.29, 0.717) is 6.54 Å². The van der Waals surface area contributed by atoms with E-state index in [4.69, 9.17) is 5.73 Å². The molecule has 16 heavy (non-hydrogen) atoms. The lowest BCUT2D eigenvalue weighted by atomic mass is 10.4. The van der Waals surface area contributed by atoms with Gasteiger partial charge in [0, 0.05) is 31.5 Å². The van der Waals surface area contributed by atoms with Gasteiger partial charge >= 0.3 is 0 Å². The van der Waals surface area contributed by atoms with Gasteiger partial charge in [-0.1, -0.05) is 11.3 Å². The van der Waals surface area contributed by atoms with E-state index >= 15 is 0 Å². The van der Waals surface area contributed by atoms with E-state index in [-0.39, 0.29) is 0 Å². The lowest BCUT2D eigenvalue weighted by Crippen LogP contribution is -1.95. The molecule has 3 aromatic heterocycles. The highest BCUT2D eigenvalue weighted by molar-refractivity contribution is 7.19. The molecule has 0 aromatic carbocycles. The topological polar surface area (TPSA) is 61.1 Å². The van der Waals surface area contributed by atoms with Crippen LogP contribution in [-0.2, 0) is 13.6 Å². The molecule has 0 amide bonds. The average molecular weight is 233 g/mol. The third-order valence-corrected chi connectivity index (χ3v) is 3.35. The van der Waals surface area contributed by atoms with Crippen LogP contribution in [0.5, 0.6) is 0 Å². The summed E-state index contributed by atoms with van der Waals surface area (Å²) in [5.41, 5.74) is 7.51. The summed E-state index contributed by atoms with van der Waals surface area (Å²) in [6.45, 7) is 0.455. The van der Waals surface area contributed by atoms with Gasteiger partial charge in [0.15, 0.2) is 0 Å². The molecule has 3 heterocycles. The Bertz CT molecular complexity index is 601. The Morgan fingerprint density at radius 1 is 1.44 bits per heavy atom. The van der Waals surface area contributed by atoms with Crippen molar-refractivity contribution in [3.05, 3.63) is 30.4 Å². The molecule has 0 spiro atoms. The van der Waals surface area contributed by atoms with E-state index in [2.05, 4.69) is 10.1 Å². The molecule has 0 atom stereocenters. The van der Waals surface area contributed by atoms with Crippen LogP contribution in [-0.4, -0.2) is 19.2 Å². The van der Waals surface area contributed by atoms with E-state index in [9.17, 15) is 0 Å². The minimum atomic E-state index is 0.455. The summed E-state index contributed by atoms with van der Waals surface area (Å²) in [4.78, 5) is 5.26. The van der Waals surface area contributed by atoms with Crippen LogP contribution in [0.15, 0.2) is 24.7 Å². The maximum Gasteiger partial charge on any atom is 0.212 e. The molecule has 0 saturated carbocycles. The zero-order valence-electron chi connectivity index (χ0n) is 8.79. The Balaban J connectivity index is 2.09. The van der Waals surface area contributed by atoms with E-state index in [0.717, 1.165) is 21.2 Å². The highest BCUT2D eigenvalue weighted by atomic mass is 32.1. The van der Waals surface area contributed by atoms with Gasteiger partial charge in [0.05, 0.1) is 11.9 Å². The first-order chi connectivity index (χ1) is 7.76. The number of imidazole rings is 1. The van der Waals surface area contributed by atoms with Gasteiger partial charge in [0.1, 0.15) is 5.01 Å². The smallest absolute Gasteiger partial charge is 0.212 e. The molecule has 5 nitrogen and oxygen atoms in total. The highest BCUT2D eigenvalue weighted by Crippen LogP contribution is 2.25. The Morgan fingerprint density at radius 3 is 2.94 bits per heavy atom. The van der Waals surface area contributed by atoms with Gasteiger partial charge in [-0.25, -0.2) is 9.50 Å². The molecule has 0 unspecified atom stereocenters. The van der Waals surface area contributed by atoms with Crippen molar-refractivity contribution in [3.8, 4) is 10.6 Å². The SMILES string of the molecule is Cn1ccc(-c2nn3cc(CN)nc3s2)c1. The first kappa shape index (κ1) is 9.56. The highest BCUT2D eigenvalue weighted by Gasteiger charge is 2.09. The molecule has 3 aromatic rings. The Kier molecular flexibility index (Phi) is 2.05. The van der Waals surface area contributed by atoms with Crippen molar-refractivity contribution in [2.24, 2.45) is 12.8 Å². The Labute approximate surface area is 96.1 Å².